The van der Waals surface area contributed by atoms with Crippen molar-refractivity contribution in [3.05, 3.63) is 35.4 Å². The SMILES string of the molecule is CC[C@]1(O)CCC[C@H]2CN(C(=O)c3ccc(C(=O)N4CCOCC4)cc3)C[C@H]21. The highest BCUT2D eigenvalue weighted by molar-refractivity contribution is 5.98. The van der Waals surface area contributed by atoms with E-state index in [4.69, 9.17) is 4.74 Å². The molecule has 2 amide bonds. The molecule has 1 aromatic rings. The fraction of sp³-hybridized carbons (Fsp3) is 0.636. The lowest BCUT2D eigenvalue weighted by Gasteiger charge is -2.40. The highest BCUT2D eigenvalue weighted by Crippen LogP contribution is 2.44. The Kier molecular flexibility index (Phi) is 5.43. The third kappa shape index (κ3) is 3.55. The van der Waals surface area contributed by atoms with Gasteiger partial charge in [-0.1, -0.05) is 13.3 Å². The molecule has 2 heterocycles. The summed E-state index contributed by atoms with van der Waals surface area (Å²) in [5.41, 5.74) is 0.581. The lowest BCUT2D eigenvalue weighted by atomic mass is 9.69. The molecule has 3 aliphatic rings. The van der Waals surface area contributed by atoms with Gasteiger partial charge in [-0.05, 0) is 49.4 Å². The lowest BCUT2D eigenvalue weighted by molar-refractivity contribution is -0.0609. The summed E-state index contributed by atoms with van der Waals surface area (Å²) in [5.74, 6) is 0.558. The largest absolute Gasteiger partial charge is 0.390 e. The van der Waals surface area contributed by atoms with Crippen molar-refractivity contribution in [2.24, 2.45) is 11.8 Å². The summed E-state index contributed by atoms with van der Waals surface area (Å²) in [4.78, 5) is 29.2. The number of carbonyl (C=O) groups is 2. The molecule has 0 bridgehead atoms. The number of benzene rings is 1. The summed E-state index contributed by atoms with van der Waals surface area (Å²) in [6.07, 6.45) is 3.70. The van der Waals surface area contributed by atoms with Crippen LogP contribution in [0.1, 0.15) is 53.3 Å². The van der Waals surface area contributed by atoms with Crippen LogP contribution in [0.25, 0.3) is 0 Å². The number of carbonyl (C=O) groups excluding carboxylic acids is 2. The second kappa shape index (κ2) is 7.84. The van der Waals surface area contributed by atoms with Crippen LogP contribution < -0.4 is 0 Å². The molecule has 4 rings (SSSR count). The van der Waals surface area contributed by atoms with Crippen molar-refractivity contribution in [1.29, 1.82) is 0 Å². The van der Waals surface area contributed by atoms with Crippen LogP contribution in [0.5, 0.6) is 0 Å². The van der Waals surface area contributed by atoms with E-state index in [0.29, 0.717) is 49.9 Å². The first kappa shape index (κ1) is 19.4. The van der Waals surface area contributed by atoms with Crippen LogP contribution in [0, 0.1) is 11.8 Å². The monoisotopic (exact) mass is 386 g/mol. The zero-order chi connectivity index (χ0) is 19.7. The fourth-order valence-electron chi connectivity index (χ4n) is 5.12. The molecule has 3 atom stereocenters. The van der Waals surface area contributed by atoms with E-state index in [9.17, 15) is 14.7 Å². The lowest BCUT2D eigenvalue weighted by Crippen LogP contribution is -2.44. The van der Waals surface area contributed by atoms with Crippen LogP contribution in [0.3, 0.4) is 0 Å². The van der Waals surface area contributed by atoms with E-state index in [1.54, 1.807) is 29.2 Å². The van der Waals surface area contributed by atoms with Crippen molar-refractivity contribution in [2.45, 2.75) is 38.2 Å². The third-order valence-corrected chi connectivity index (χ3v) is 6.89. The van der Waals surface area contributed by atoms with Crippen molar-refractivity contribution in [3.63, 3.8) is 0 Å². The Hall–Kier alpha value is -1.92. The minimum Gasteiger partial charge on any atom is -0.390 e. The van der Waals surface area contributed by atoms with Crippen LogP contribution in [-0.2, 0) is 4.74 Å². The first-order valence-electron chi connectivity index (χ1n) is 10.5. The molecule has 0 spiro atoms. The van der Waals surface area contributed by atoms with E-state index in [-0.39, 0.29) is 17.7 Å². The third-order valence-electron chi connectivity index (χ3n) is 6.89. The quantitative estimate of drug-likeness (QED) is 0.864. The smallest absolute Gasteiger partial charge is 0.254 e. The second-order valence-electron chi connectivity index (χ2n) is 8.41. The molecule has 0 aromatic heterocycles. The Bertz CT molecular complexity index is 729. The van der Waals surface area contributed by atoms with Crippen LogP contribution in [0.4, 0.5) is 0 Å². The number of ether oxygens (including phenoxy) is 1. The van der Waals surface area contributed by atoms with Gasteiger partial charge in [0.15, 0.2) is 0 Å². The van der Waals surface area contributed by atoms with Crippen LogP contribution >= 0.6 is 0 Å². The maximum atomic E-state index is 13.0. The van der Waals surface area contributed by atoms with Gasteiger partial charge in [-0.25, -0.2) is 0 Å². The molecular weight excluding hydrogens is 356 g/mol. The second-order valence-corrected chi connectivity index (χ2v) is 8.41. The summed E-state index contributed by atoms with van der Waals surface area (Å²) in [6, 6.07) is 7.00. The normalized spacial score (nSPS) is 30.2. The van der Waals surface area contributed by atoms with Crippen LogP contribution in [0.15, 0.2) is 24.3 Å². The molecule has 2 saturated heterocycles. The highest BCUT2D eigenvalue weighted by atomic mass is 16.5. The Labute approximate surface area is 166 Å². The van der Waals surface area contributed by atoms with E-state index >= 15 is 0 Å². The zero-order valence-corrected chi connectivity index (χ0v) is 16.6. The van der Waals surface area contributed by atoms with Gasteiger partial charge in [0, 0.05) is 43.2 Å². The van der Waals surface area contributed by atoms with E-state index in [0.717, 1.165) is 32.2 Å². The van der Waals surface area contributed by atoms with E-state index < -0.39 is 5.60 Å². The Morgan fingerprint density at radius 2 is 1.68 bits per heavy atom. The van der Waals surface area contributed by atoms with Gasteiger partial charge in [0.05, 0.1) is 18.8 Å². The maximum absolute atomic E-state index is 13.0. The summed E-state index contributed by atoms with van der Waals surface area (Å²) in [6.45, 7) is 5.75. The van der Waals surface area contributed by atoms with E-state index in [1.807, 2.05) is 11.8 Å². The Morgan fingerprint density at radius 3 is 2.29 bits per heavy atom. The zero-order valence-electron chi connectivity index (χ0n) is 16.6. The van der Waals surface area contributed by atoms with Gasteiger partial charge in [0.1, 0.15) is 0 Å². The molecule has 1 aromatic carbocycles. The number of amides is 2. The number of hydrogen-bond donors (Lipinski definition) is 1. The van der Waals surface area contributed by atoms with Crippen molar-refractivity contribution in [2.75, 3.05) is 39.4 Å². The number of rotatable bonds is 3. The van der Waals surface area contributed by atoms with Crippen molar-refractivity contribution < 1.29 is 19.4 Å². The number of likely N-dealkylation sites (tertiary alicyclic amines) is 1. The maximum Gasteiger partial charge on any atom is 0.254 e. The van der Waals surface area contributed by atoms with Crippen LogP contribution in [-0.4, -0.2) is 71.7 Å². The van der Waals surface area contributed by atoms with Gasteiger partial charge in [0.2, 0.25) is 0 Å². The summed E-state index contributed by atoms with van der Waals surface area (Å²) >= 11 is 0. The number of morpholine rings is 1. The molecule has 3 fully saturated rings. The van der Waals surface area contributed by atoms with Gasteiger partial charge in [-0.3, -0.25) is 9.59 Å². The number of nitrogens with zero attached hydrogens (tertiary/aromatic N) is 2. The molecular formula is C22H30N2O4. The molecule has 1 aliphatic carbocycles. The molecule has 0 radical (unpaired) electrons. The predicted octanol–water partition coefficient (Wildman–Crippen LogP) is 2.17. The topological polar surface area (TPSA) is 70.1 Å². The summed E-state index contributed by atoms with van der Waals surface area (Å²) < 4.78 is 5.29. The summed E-state index contributed by atoms with van der Waals surface area (Å²) in [5, 5.41) is 11.0. The van der Waals surface area contributed by atoms with Gasteiger partial charge in [-0.15, -0.1) is 0 Å². The predicted molar refractivity (Wildman–Crippen MR) is 105 cm³/mol. The van der Waals surface area contributed by atoms with Crippen molar-refractivity contribution >= 4 is 11.8 Å². The molecule has 28 heavy (non-hydrogen) atoms. The highest BCUT2D eigenvalue weighted by Gasteiger charge is 2.48. The molecule has 6 nitrogen and oxygen atoms in total. The van der Waals surface area contributed by atoms with Gasteiger partial charge in [-0.2, -0.15) is 0 Å². The van der Waals surface area contributed by atoms with Crippen LogP contribution in [0.2, 0.25) is 0 Å². The first-order valence-corrected chi connectivity index (χ1v) is 10.5. The van der Waals surface area contributed by atoms with E-state index in [1.165, 1.54) is 0 Å². The molecule has 1 saturated carbocycles. The number of hydrogen-bond acceptors (Lipinski definition) is 4. The molecule has 0 unspecified atom stereocenters. The number of aliphatic hydroxyl groups is 1. The van der Waals surface area contributed by atoms with Gasteiger partial charge < -0.3 is 19.6 Å². The molecule has 6 heteroatoms. The van der Waals surface area contributed by atoms with Gasteiger partial charge in [0.25, 0.3) is 11.8 Å². The summed E-state index contributed by atoms with van der Waals surface area (Å²) in [7, 11) is 0. The average Bonchev–Trinajstić information content (AvgIpc) is 3.19. The first-order chi connectivity index (χ1) is 13.5. The molecule has 1 N–H and O–H groups in total. The molecule has 2 aliphatic heterocycles. The Morgan fingerprint density at radius 1 is 1.07 bits per heavy atom. The average molecular weight is 386 g/mol. The molecule has 152 valence electrons. The van der Waals surface area contributed by atoms with Crippen molar-refractivity contribution in [1.82, 2.24) is 9.80 Å². The minimum absolute atomic E-state index is 0.00164. The Balaban J connectivity index is 1.43. The minimum atomic E-state index is -0.633. The fourth-order valence-corrected chi connectivity index (χ4v) is 5.12. The number of fused-ring (bicyclic) bond motifs is 1. The van der Waals surface area contributed by atoms with E-state index in [2.05, 4.69) is 0 Å². The van der Waals surface area contributed by atoms with Gasteiger partial charge >= 0.3 is 0 Å². The standard InChI is InChI=1S/C22H30N2O4/c1-2-22(27)9-3-4-18-14-24(15-19(18)22)21(26)17-7-5-16(6-8-17)20(25)23-10-12-28-13-11-23/h5-8,18-19,27H,2-4,9-15H2,1H3/t18-,19+,22-/m0/s1. The van der Waals surface area contributed by atoms with Crippen molar-refractivity contribution in [3.8, 4) is 0 Å².